The van der Waals surface area contributed by atoms with E-state index in [1.165, 1.54) is 37.1 Å². The van der Waals surface area contributed by atoms with Gasteiger partial charge in [0.25, 0.3) is 11.5 Å². The lowest BCUT2D eigenvalue weighted by Crippen LogP contribution is -2.29. The molecule has 0 aliphatic carbocycles. The van der Waals surface area contributed by atoms with Gasteiger partial charge >= 0.3 is 0 Å². The minimum absolute atomic E-state index is 0.165. The van der Waals surface area contributed by atoms with Crippen LogP contribution in [0.3, 0.4) is 0 Å². The summed E-state index contributed by atoms with van der Waals surface area (Å²) in [5.74, 6) is -1.37. The lowest BCUT2D eigenvalue weighted by atomic mass is 10.2. The summed E-state index contributed by atoms with van der Waals surface area (Å²) in [6.07, 6.45) is 1.53. The summed E-state index contributed by atoms with van der Waals surface area (Å²) in [6.45, 7) is 0.165. The zero-order valence-corrected chi connectivity index (χ0v) is 15.7. The van der Waals surface area contributed by atoms with Crippen LogP contribution in [0, 0.1) is 11.6 Å². The van der Waals surface area contributed by atoms with Crippen LogP contribution in [-0.2, 0) is 6.54 Å². The highest BCUT2D eigenvalue weighted by atomic mass is 19.1. The van der Waals surface area contributed by atoms with Crippen LogP contribution in [0.2, 0.25) is 0 Å². The molecule has 0 radical (unpaired) electrons. The van der Waals surface area contributed by atoms with Gasteiger partial charge in [-0.15, -0.1) is 0 Å². The van der Waals surface area contributed by atoms with Crippen LogP contribution in [0.15, 0.2) is 59.5 Å². The van der Waals surface area contributed by atoms with Crippen LogP contribution in [0.5, 0.6) is 11.5 Å². The number of amides is 1. The van der Waals surface area contributed by atoms with Crippen molar-refractivity contribution in [2.45, 2.75) is 6.54 Å². The lowest BCUT2D eigenvalue weighted by Gasteiger charge is -2.11. The highest BCUT2D eigenvalue weighted by Crippen LogP contribution is 2.23. The molecule has 2 aromatic carbocycles. The van der Waals surface area contributed by atoms with Crippen molar-refractivity contribution in [3.8, 4) is 11.5 Å². The van der Waals surface area contributed by atoms with Crippen molar-refractivity contribution in [1.82, 2.24) is 4.57 Å². The fourth-order valence-corrected chi connectivity index (χ4v) is 2.77. The van der Waals surface area contributed by atoms with Gasteiger partial charge in [-0.2, -0.15) is 0 Å². The highest BCUT2D eigenvalue weighted by molar-refractivity contribution is 6.04. The second kappa shape index (κ2) is 8.55. The Bertz CT molecular complexity index is 1090. The molecule has 0 saturated heterocycles. The first-order valence-corrected chi connectivity index (χ1v) is 8.59. The number of hydrogen-bond donors (Lipinski definition) is 1. The Morgan fingerprint density at radius 3 is 2.34 bits per heavy atom. The second-order valence-electron chi connectivity index (χ2n) is 6.15. The number of aromatic nitrogens is 1. The van der Waals surface area contributed by atoms with E-state index in [0.717, 1.165) is 17.7 Å². The van der Waals surface area contributed by atoms with Crippen molar-refractivity contribution in [1.29, 1.82) is 0 Å². The van der Waals surface area contributed by atoms with Crippen LogP contribution in [0.1, 0.15) is 15.9 Å². The Hall–Kier alpha value is -3.68. The summed E-state index contributed by atoms with van der Waals surface area (Å²) < 4.78 is 38.6. The zero-order chi connectivity index (χ0) is 21.0. The summed E-state index contributed by atoms with van der Waals surface area (Å²) >= 11 is 0. The minimum atomic E-state index is -0.932. The van der Waals surface area contributed by atoms with E-state index in [9.17, 15) is 18.4 Å². The van der Waals surface area contributed by atoms with Crippen molar-refractivity contribution >= 4 is 11.6 Å². The molecule has 8 heteroatoms. The first-order valence-electron chi connectivity index (χ1n) is 8.59. The van der Waals surface area contributed by atoms with E-state index in [1.807, 2.05) is 0 Å². The lowest BCUT2D eigenvalue weighted by molar-refractivity contribution is 0.102. The molecule has 0 bridgehead atoms. The summed E-state index contributed by atoms with van der Waals surface area (Å²) in [6, 6.07) is 10.8. The van der Waals surface area contributed by atoms with Gasteiger partial charge in [0.05, 0.1) is 26.5 Å². The molecule has 6 nitrogen and oxygen atoms in total. The van der Waals surface area contributed by atoms with Gasteiger partial charge in [-0.3, -0.25) is 9.59 Å². The van der Waals surface area contributed by atoms with E-state index < -0.39 is 23.1 Å². The number of rotatable bonds is 6. The van der Waals surface area contributed by atoms with Gasteiger partial charge in [-0.05, 0) is 42.0 Å². The van der Waals surface area contributed by atoms with Gasteiger partial charge in [0.15, 0.2) is 0 Å². The summed E-state index contributed by atoms with van der Waals surface area (Å²) in [4.78, 5) is 25.2. The third-order valence-corrected chi connectivity index (χ3v) is 4.21. The molecule has 0 saturated carbocycles. The highest BCUT2D eigenvalue weighted by Gasteiger charge is 2.15. The van der Waals surface area contributed by atoms with E-state index in [0.29, 0.717) is 17.6 Å². The molecule has 3 rings (SSSR count). The summed E-state index contributed by atoms with van der Waals surface area (Å²) in [7, 11) is 3.04. The van der Waals surface area contributed by atoms with Crippen molar-refractivity contribution in [2.24, 2.45) is 0 Å². The maximum absolute atomic E-state index is 13.8. The number of nitrogens with zero attached hydrogens (tertiary/aromatic N) is 1. The minimum Gasteiger partial charge on any atom is -0.497 e. The molecule has 1 N–H and O–H groups in total. The summed E-state index contributed by atoms with van der Waals surface area (Å²) in [5, 5.41) is 2.29. The van der Waals surface area contributed by atoms with E-state index in [2.05, 4.69) is 5.32 Å². The van der Waals surface area contributed by atoms with E-state index in [-0.39, 0.29) is 17.8 Å². The number of nitrogens with one attached hydrogen (secondary N) is 1. The number of carbonyl (C=O) groups excluding carboxylic acids is 1. The van der Waals surface area contributed by atoms with Gasteiger partial charge in [0.2, 0.25) is 0 Å². The maximum Gasteiger partial charge on any atom is 0.263 e. The average molecular weight is 400 g/mol. The monoisotopic (exact) mass is 400 g/mol. The molecule has 0 spiro atoms. The molecule has 1 aromatic heterocycles. The average Bonchev–Trinajstić information content (AvgIpc) is 2.71. The number of carbonyl (C=O) groups is 1. The molecule has 1 heterocycles. The summed E-state index contributed by atoms with van der Waals surface area (Å²) in [5.41, 5.74) is -0.227. The van der Waals surface area contributed by atoms with E-state index in [4.69, 9.17) is 9.47 Å². The molecule has 1 amide bonds. The van der Waals surface area contributed by atoms with Gasteiger partial charge in [-0.25, -0.2) is 8.78 Å². The van der Waals surface area contributed by atoms with Gasteiger partial charge < -0.3 is 19.4 Å². The largest absolute Gasteiger partial charge is 0.497 e. The molecule has 0 aliphatic rings. The number of ether oxygens (including phenoxy) is 2. The normalized spacial score (nSPS) is 10.5. The fraction of sp³-hybridized carbons (Fsp3) is 0.143. The van der Waals surface area contributed by atoms with Crippen LogP contribution >= 0.6 is 0 Å². The van der Waals surface area contributed by atoms with Crippen LogP contribution in [-0.4, -0.2) is 24.7 Å². The quantitative estimate of drug-likeness (QED) is 0.688. The van der Waals surface area contributed by atoms with Crippen molar-refractivity contribution in [3.63, 3.8) is 0 Å². The predicted octanol–water partition coefficient (Wildman–Crippen LogP) is 3.44. The Morgan fingerprint density at radius 1 is 1.03 bits per heavy atom. The maximum atomic E-state index is 13.8. The molecular formula is C21H18F2N2O4. The SMILES string of the molecule is COc1cc(Cn2cccc(C(=O)Nc3ccc(F)cc3F)c2=O)cc(OC)c1. The Morgan fingerprint density at radius 2 is 1.72 bits per heavy atom. The van der Waals surface area contributed by atoms with Crippen LogP contribution < -0.4 is 20.3 Å². The predicted molar refractivity (Wildman–Crippen MR) is 104 cm³/mol. The zero-order valence-electron chi connectivity index (χ0n) is 15.7. The first-order chi connectivity index (χ1) is 13.9. The van der Waals surface area contributed by atoms with Gasteiger partial charge in [0, 0.05) is 18.3 Å². The van der Waals surface area contributed by atoms with Crippen molar-refractivity contribution < 1.29 is 23.0 Å². The Balaban J connectivity index is 1.88. The van der Waals surface area contributed by atoms with E-state index in [1.54, 1.807) is 18.2 Å². The molecule has 0 aliphatic heterocycles. The number of anilines is 1. The van der Waals surface area contributed by atoms with Gasteiger partial charge in [-0.1, -0.05) is 0 Å². The number of pyridine rings is 1. The number of hydrogen-bond acceptors (Lipinski definition) is 4. The number of methoxy groups -OCH3 is 2. The molecule has 0 atom stereocenters. The molecule has 29 heavy (non-hydrogen) atoms. The smallest absolute Gasteiger partial charge is 0.263 e. The topological polar surface area (TPSA) is 69.6 Å². The fourth-order valence-electron chi connectivity index (χ4n) is 2.77. The van der Waals surface area contributed by atoms with Crippen LogP contribution in [0.4, 0.5) is 14.5 Å². The molecule has 150 valence electrons. The Labute approximate surface area is 165 Å². The number of benzene rings is 2. The van der Waals surface area contributed by atoms with Crippen molar-refractivity contribution in [2.75, 3.05) is 19.5 Å². The van der Waals surface area contributed by atoms with E-state index >= 15 is 0 Å². The molecular weight excluding hydrogens is 382 g/mol. The van der Waals surface area contributed by atoms with Gasteiger partial charge in [0.1, 0.15) is 28.7 Å². The second-order valence-corrected chi connectivity index (χ2v) is 6.15. The first kappa shape index (κ1) is 20.1. The third kappa shape index (κ3) is 4.60. The number of halogens is 2. The molecule has 0 unspecified atom stereocenters. The molecule has 0 fully saturated rings. The third-order valence-electron chi connectivity index (χ3n) is 4.21. The van der Waals surface area contributed by atoms with Crippen molar-refractivity contribution in [3.05, 3.63) is 87.8 Å². The standard InChI is InChI=1S/C21H18F2N2O4/c1-28-15-8-13(9-16(11-15)29-2)12-25-7-3-4-17(21(25)27)20(26)24-19-6-5-14(22)10-18(19)23/h3-11H,12H2,1-2H3,(H,24,26). The Kier molecular flexibility index (Phi) is 5.92. The molecule has 3 aromatic rings. The van der Waals surface area contributed by atoms with Crippen LogP contribution in [0.25, 0.3) is 0 Å².